The first kappa shape index (κ1) is 16.1. The number of benzene rings is 2. The lowest BCUT2D eigenvalue weighted by Crippen LogP contribution is -2.39. The maximum Gasteiger partial charge on any atom is 0.251 e. The zero-order valence-corrected chi connectivity index (χ0v) is 14.4. The van der Waals surface area contributed by atoms with Crippen LogP contribution in [0.3, 0.4) is 0 Å². The molecule has 2 aromatic carbocycles. The van der Waals surface area contributed by atoms with Crippen LogP contribution in [0, 0.1) is 6.92 Å². The maximum absolute atomic E-state index is 12.5. The third-order valence-corrected chi connectivity index (χ3v) is 5.10. The van der Waals surface area contributed by atoms with Gasteiger partial charge in [0.25, 0.3) is 5.91 Å². The van der Waals surface area contributed by atoms with E-state index in [1.807, 2.05) is 25.3 Å². The number of hydrogen-bond donors (Lipinski definition) is 2. The van der Waals surface area contributed by atoms with E-state index < -0.39 is 0 Å². The van der Waals surface area contributed by atoms with Gasteiger partial charge in [0, 0.05) is 23.0 Å². The van der Waals surface area contributed by atoms with E-state index in [2.05, 4.69) is 41.0 Å². The van der Waals surface area contributed by atoms with Crippen LogP contribution in [0.2, 0.25) is 0 Å². The average molecular weight is 326 g/mol. The summed E-state index contributed by atoms with van der Waals surface area (Å²) < 4.78 is 0. The van der Waals surface area contributed by atoms with Crippen LogP contribution >= 0.6 is 11.8 Å². The number of thioether (sulfide) groups is 1. The quantitative estimate of drug-likeness (QED) is 0.847. The number of carbonyl (C=O) groups is 1. The Kier molecular flexibility index (Phi) is 5.03. The molecule has 0 fully saturated rings. The summed E-state index contributed by atoms with van der Waals surface area (Å²) in [5.41, 5.74) is 4.46. The Morgan fingerprint density at radius 2 is 2.13 bits per heavy atom. The Hall–Kier alpha value is -1.78. The van der Waals surface area contributed by atoms with Gasteiger partial charge in [-0.15, -0.1) is 11.8 Å². The monoisotopic (exact) mass is 326 g/mol. The second-order valence-corrected chi connectivity index (χ2v) is 6.73. The number of rotatable bonds is 4. The lowest BCUT2D eigenvalue weighted by atomic mass is 9.94. The lowest BCUT2D eigenvalue weighted by molar-refractivity contribution is 0.0948. The molecule has 1 amide bonds. The molecule has 1 aliphatic rings. The van der Waals surface area contributed by atoms with Crippen LogP contribution in [-0.2, 0) is 6.42 Å². The number of amides is 1. The molecule has 120 valence electrons. The molecular formula is C19H22N2OS. The minimum atomic E-state index is 0.00301. The first-order chi connectivity index (χ1) is 11.2. The Balaban J connectivity index is 1.71. The molecule has 3 nitrogen and oxygen atoms in total. The first-order valence-electron chi connectivity index (χ1n) is 7.93. The van der Waals surface area contributed by atoms with E-state index in [0.717, 1.165) is 29.0 Å². The molecule has 0 aromatic heterocycles. The van der Waals surface area contributed by atoms with Crippen LogP contribution in [-0.4, -0.2) is 25.3 Å². The topological polar surface area (TPSA) is 41.1 Å². The highest BCUT2D eigenvalue weighted by Crippen LogP contribution is 2.22. The molecule has 0 radical (unpaired) electrons. The van der Waals surface area contributed by atoms with E-state index in [9.17, 15) is 4.79 Å². The number of aryl methyl sites for hydroxylation is 1. The van der Waals surface area contributed by atoms with E-state index in [4.69, 9.17) is 0 Å². The van der Waals surface area contributed by atoms with Crippen molar-refractivity contribution in [1.82, 2.24) is 10.6 Å². The van der Waals surface area contributed by atoms with Gasteiger partial charge < -0.3 is 10.6 Å². The van der Waals surface area contributed by atoms with Crippen LogP contribution in [0.15, 0.2) is 47.4 Å². The number of fused-ring (bicyclic) bond motifs is 1. The van der Waals surface area contributed by atoms with Crippen LogP contribution in [0.5, 0.6) is 0 Å². The minimum Gasteiger partial charge on any atom is -0.350 e. The van der Waals surface area contributed by atoms with Crippen molar-refractivity contribution in [2.45, 2.75) is 24.3 Å². The van der Waals surface area contributed by atoms with Gasteiger partial charge in [0.2, 0.25) is 0 Å². The van der Waals surface area contributed by atoms with Gasteiger partial charge in [-0.05, 0) is 55.0 Å². The van der Waals surface area contributed by atoms with Gasteiger partial charge in [-0.25, -0.2) is 0 Å². The van der Waals surface area contributed by atoms with Gasteiger partial charge in [-0.3, -0.25) is 4.79 Å². The molecule has 0 aliphatic carbocycles. The highest BCUT2D eigenvalue weighted by atomic mass is 32.2. The van der Waals surface area contributed by atoms with Crippen molar-refractivity contribution in [3.63, 3.8) is 0 Å². The Labute approximate surface area is 141 Å². The van der Waals surface area contributed by atoms with E-state index >= 15 is 0 Å². The standard InChI is InChI=1S/C19H22N2OS/c1-13-7-8-15(23-2)11-17(13)19(22)21-12-18-16-6-4-3-5-14(16)9-10-20-18/h3-8,11,18,20H,9-10,12H2,1-2H3,(H,21,22). The molecule has 2 N–H and O–H groups in total. The molecule has 0 saturated heterocycles. The summed E-state index contributed by atoms with van der Waals surface area (Å²) in [6.07, 6.45) is 3.07. The molecule has 1 atom stereocenters. The summed E-state index contributed by atoms with van der Waals surface area (Å²) in [5.74, 6) is 0.00301. The van der Waals surface area contributed by atoms with Crippen molar-refractivity contribution in [2.24, 2.45) is 0 Å². The molecule has 1 unspecified atom stereocenters. The van der Waals surface area contributed by atoms with Crippen LogP contribution in [0.25, 0.3) is 0 Å². The van der Waals surface area contributed by atoms with Gasteiger partial charge in [0.15, 0.2) is 0 Å². The highest BCUT2D eigenvalue weighted by molar-refractivity contribution is 7.98. The van der Waals surface area contributed by atoms with Gasteiger partial charge in [0.05, 0.1) is 0 Å². The largest absolute Gasteiger partial charge is 0.350 e. The van der Waals surface area contributed by atoms with Crippen molar-refractivity contribution in [3.8, 4) is 0 Å². The number of hydrogen-bond acceptors (Lipinski definition) is 3. The molecule has 2 aromatic rings. The third-order valence-electron chi connectivity index (χ3n) is 4.37. The lowest BCUT2D eigenvalue weighted by Gasteiger charge is -2.27. The zero-order valence-electron chi connectivity index (χ0n) is 13.6. The second-order valence-electron chi connectivity index (χ2n) is 5.85. The molecule has 0 bridgehead atoms. The minimum absolute atomic E-state index is 0.00301. The smallest absolute Gasteiger partial charge is 0.251 e. The van der Waals surface area contributed by atoms with Gasteiger partial charge in [-0.2, -0.15) is 0 Å². The normalized spacial score (nSPS) is 16.7. The molecule has 3 rings (SSSR count). The van der Waals surface area contributed by atoms with E-state index in [-0.39, 0.29) is 11.9 Å². The highest BCUT2D eigenvalue weighted by Gasteiger charge is 2.20. The summed E-state index contributed by atoms with van der Waals surface area (Å²) in [4.78, 5) is 13.7. The van der Waals surface area contributed by atoms with Crippen molar-refractivity contribution in [1.29, 1.82) is 0 Å². The molecule has 0 saturated carbocycles. The fourth-order valence-electron chi connectivity index (χ4n) is 3.04. The first-order valence-corrected chi connectivity index (χ1v) is 9.15. The number of carbonyl (C=O) groups excluding carboxylic acids is 1. The Morgan fingerprint density at radius 3 is 2.96 bits per heavy atom. The molecule has 4 heteroatoms. The summed E-state index contributed by atoms with van der Waals surface area (Å²) in [5, 5.41) is 6.59. The fourth-order valence-corrected chi connectivity index (χ4v) is 3.48. The fraction of sp³-hybridized carbons (Fsp3) is 0.316. The van der Waals surface area contributed by atoms with Gasteiger partial charge >= 0.3 is 0 Å². The van der Waals surface area contributed by atoms with Gasteiger partial charge in [0.1, 0.15) is 0 Å². The van der Waals surface area contributed by atoms with Crippen LogP contribution < -0.4 is 10.6 Å². The SMILES string of the molecule is CSc1ccc(C)c(C(=O)NCC2NCCc3ccccc32)c1. The van der Waals surface area contributed by atoms with Crippen molar-refractivity contribution < 1.29 is 4.79 Å². The van der Waals surface area contributed by atoms with E-state index in [1.165, 1.54) is 11.1 Å². The Morgan fingerprint density at radius 1 is 1.30 bits per heavy atom. The van der Waals surface area contributed by atoms with E-state index in [1.54, 1.807) is 11.8 Å². The third kappa shape index (κ3) is 3.59. The van der Waals surface area contributed by atoms with Crippen molar-refractivity contribution in [3.05, 3.63) is 64.7 Å². The molecule has 23 heavy (non-hydrogen) atoms. The predicted molar refractivity (Wildman–Crippen MR) is 96.2 cm³/mol. The van der Waals surface area contributed by atoms with Crippen molar-refractivity contribution >= 4 is 17.7 Å². The molecular weight excluding hydrogens is 304 g/mol. The maximum atomic E-state index is 12.5. The zero-order chi connectivity index (χ0) is 16.2. The van der Waals surface area contributed by atoms with Crippen LogP contribution in [0.1, 0.15) is 33.1 Å². The molecule has 0 spiro atoms. The predicted octanol–water partition coefficient (Wildman–Crippen LogP) is 3.33. The summed E-state index contributed by atoms with van der Waals surface area (Å²) in [6.45, 7) is 3.55. The van der Waals surface area contributed by atoms with E-state index in [0.29, 0.717) is 6.54 Å². The van der Waals surface area contributed by atoms with Crippen molar-refractivity contribution in [2.75, 3.05) is 19.3 Å². The average Bonchev–Trinajstić information content (AvgIpc) is 2.60. The molecule has 1 heterocycles. The number of nitrogens with one attached hydrogen (secondary N) is 2. The summed E-state index contributed by atoms with van der Waals surface area (Å²) >= 11 is 1.65. The van der Waals surface area contributed by atoms with Gasteiger partial charge in [-0.1, -0.05) is 30.3 Å². The van der Waals surface area contributed by atoms with Crippen LogP contribution in [0.4, 0.5) is 0 Å². The second kappa shape index (κ2) is 7.20. The molecule has 1 aliphatic heterocycles. The Bertz CT molecular complexity index is 714. The summed E-state index contributed by atoms with van der Waals surface area (Å²) in [7, 11) is 0. The summed E-state index contributed by atoms with van der Waals surface area (Å²) in [6, 6.07) is 14.7.